The maximum absolute atomic E-state index is 12.3. The van der Waals surface area contributed by atoms with Gasteiger partial charge in [-0.3, -0.25) is 9.59 Å². The number of aromatic nitrogens is 3. The van der Waals surface area contributed by atoms with Crippen molar-refractivity contribution < 1.29 is 9.59 Å². The zero-order valence-corrected chi connectivity index (χ0v) is 19.1. The summed E-state index contributed by atoms with van der Waals surface area (Å²) in [5.41, 5.74) is 1.55. The van der Waals surface area contributed by atoms with E-state index in [2.05, 4.69) is 54.7 Å². The summed E-state index contributed by atoms with van der Waals surface area (Å²) < 4.78 is 2.14. The Morgan fingerprint density at radius 1 is 1.14 bits per heavy atom. The molecule has 0 saturated heterocycles. The van der Waals surface area contributed by atoms with E-state index in [1.54, 1.807) is 23.9 Å². The first-order valence-corrected chi connectivity index (χ1v) is 11.2. The van der Waals surface area contributed by atoms with Crippen LogP contribution in [0.5, 0.6) is 0 Å². The Kier molecular flexibility index (Phi) is 8.02. The van der Waals surface area contributed by atoms with E-state index in [4.69, 9.17) is 0 Å². The van der Waals surface area contributed by atoms with Crippen molar-refractivity contribution in [3.63, 3.8) is 0 Å². The highest BCUT2D eigenvalue weighted by Gasteiger charge is 2.18. The third-order valence-electron chi connectivity index (χ3n) is 4.61. The second-order valence-electron chi connectivity index (χ2n) is 8.62. The monoisotopic (exact) mass is 416 g/mol. The molecular formula is C22H32N4O2S. The lowest BCUT2D eigenvalue weighted by Gasteiger charge is -2.18. The third kappa shape index (κ3) is 6.42. The summed E-state index contributed by atoms with van der Waals surface area (Å²) >= 11 is 1.58. The fourth-order valence-electron chi connectivity index (χ4n) is 2.98. The largest absolute Gasteiger partial charge is 0.349 e. The number of benzene rings is 1. The van der Waals surface area contributed by atoms with Gasteiger partial charge in [0.1, 0.15) is 5.82 Å². The van der Waals surface area contributed by atoms with E-state index in [1.807, 2.05) is 18.4 Å². The van der Waals surface area contributed by atoms with Crippen molar-refractivity contribution in [2.24, 2.45) is 5.92 Å². The van der Waals surface area contributed by atoms with E-state index in [9.17, 15) is 9.59 Å². The molecule has 0 spiro atoms. The average molecular weight is 417 g/mol. The fourth-order valence-corrected chi connectivity index (χ4v) is 3.51. The Balaban J connectivity index is 1.87. The van der Waals surface area contributed by atoms with E-state index < -0.39 is 11.7 Å². The molecule has 2 rings (SSSR count). The first-order valence-electron chi connectivity index (χ1n) is 10.0. The number of aryl methyl sites for hydroxylation is 1. The van der Waals surface area contributed by atoms with Crippen molar-refractivity contribution in [3.05, 3.63) is 41.2 Å². The molecule has 29 heavy (non-hydrogen) atoms. The quantitative estimate of drug-likeness (QED) is 0.290. The minimum absolute atomic E-state index is 0.0100. The summed E-state index contributed by atoms with van der Waals surface area (Å²) in [7, 11) is 0. The predicted molar refractivity (Wildman–Crippen MR) is 117 cm³/mol. The standard InChI is InChI=1S/C22H32N4O2S/c1-15(2)14-26-18(24-25-21(26)29-6)8-7-13-23-20(28)19(27)16-9-11-17(12-10-16)22(3,4)5/h9-12,15H,7-8,13-14H2,1-6H3,(H,23,28). The molecule has 0 bridgehead atoms. The number of nitrogens with zero attached hydrogens (tertiary/aromatic N) is 3. The summed E-state index contributed by atoms with van der Waals surface area (Å²) in [6.45, 7) is 11.9. The number of nitrogens with one attached hydrogen (secondary N) is 1. The fraction of sp³-hybridized carbons (Fsp3) is 0.545. The van der Waals surface area contributed by atoms with Crippen LogP contribution in [0.25, 0.3) is 0 Å². The number of carbonyl (C=O) groups excluding carboxylic acids is 2. The number of ketones is 1. The summed E-state index contributed by atoms with van der Waals surface area (Å²) in [5.74, 6) is 0.346. The van der Waals surface area contributed by atoms with Crippen molar-refractivity contribution in [2.45, 2.75) is 64.6 Å². The third-order valence-corrected chi connectivity index (χ3v) is 5.27. The minimum atomic E-state index is -0.568. The van der Waals surface area contributed by atoms with Crippen LogP contribution in [0.2, 0.25) is 0 Å². The zero-order chi connectivity index (χ0) is 21.6. The van der Waals surface area contributed by atoms with E-state index >= 15 is 0 Å². The van der Waals surface area contributed by atoms with Crippen LogP contribution in [0.1, 0.15) is 62.8 Å². The first kappa shape index (κ1) is 23.1. The van der Waals surface area contributed by atoms with E-state index in [-0.39, 0.29) is 5.41 Å². The predicted octanol–water partition coefficient (Wildman–Crippen LogP) is 3.89. The molecule has 0 unspecified atom stereocenters. The van der Waals surface area contributed by atoms with Crippen molar-refractivity contribution in [2.75, 3.05) is 12.8 Å². The Bertz CT molecular complexity index is 835. The van der Waals surface area contributed by atoms with Crippen LogP contribution in [0, 0.1) is 5.92 Å². The summed E-state index contributed by atoms with van der Waals surface area (Å²) in [4.78, 5) is 24.5. The summed E-state index contributed by atoms with van der Waals surface area (Å²) in [6, 6.07) is 7.26. The molecule has 1 aromatic heterocycles. The van der Waals surface area contributed by atoms with Gasteiger partial charge in [-0.1, -0.05) is 70.6 Å². The van der Waals surface area contributed by atoms with Gasteiger partial charge in [0.05, 0.1) is 0 Å². The van der Waals surface area contributed by atoms with Gasteiger partial charge in [0, 0.05) is 25.1 Å². The van der Waals surface area contributed by atoms with Gasteiger partial charge in [0.25, 0.3) is 5.91 Å². The minimum Gasteiger partial charge on any atom is -0.349 e. The van der Waals surface area contributed by atoms with Gasteiger partial charge in [0.15, 0.2) is 5.16 Å². The second kappa shape index (κ2) is 10.1. The molecule has 0 aliphatic heterocycles. The molecule has 7 heteroatoms. The number of amides is 1. The average Bonchev–Trinajstić information content (AvgIpc) is 3.04. The summed E-state index contributed by atoms with van der Waals surface area (Å²) in [5, 5.41) is 12.1. The molecule has 0 aliphatic rings. The van der Waals surface area contributed by atoms with E-state index in [0.717, 1.165) is 23.1 Å². The van der Waals surface area contributed by atoms with Crippen LogP contribution < -0.4 is 5.32 Å². The molecule has 6 nitrogen and oxygen atoms in total. The molecule has 1 amide bonds. The van der Waals surface area contributed by atoms with Gasteiger partial charge >= 0.3 is 0 Å². The number of hydrogen-bond donors (Lipinski definition) is 1. The molecule has 158 valence electrons. The molecule has 0 atom stereocenters. The SMILES string of the molecule is CSc1nnc(CCCNC(=O)C(=O)c2ccc(C(C)(C)C)cc2)n1CC(C)C. The molecular weight excluding hydrogens is 384 g/mol. The second-order valence-corrected chi connectivity index (χ2v) is 9.40. The highest BCUT2D eigenvalue weighted by atomic mass is 32.2. The maximum Gasteiger partial charge on any atom is 0.292 e. The molecule has 1 N–H and O–H groups in total. The number of thioether (sulfide) groups is 1. The van der Waals surface area contributed by atoms with Gasteiger partial charge < -0.3 is 9.88 Å². The molecule has 0 radical (unpaired) electrons. The van der Waals surface area contributed by atoms with Gasteiger partial charge in [-0.05, 0) is 29.6 Å². The molecule has 0 saturated carbocycles. The summed E-state index contributed by atoms with van der Waals surface area (Å²) in [6.07, 6.45) is 3.39. The van der Waals surface area contributed by atoms with E-state index in [1.165, 1.54) is 0 Å². The number of Topliss-reactive ketones (excluding diaryl/α,β-unsaturated/α-hetero) is 1. The highest BCUT2D eigenvalue weighted by Crippen LogP contribution is 2.22. The maximum atomic E-state index is 12.3. The molecule has 0 aliphatic carbocycles. The lowest BCUT2D eigenvalue weighted by Crippen LogP contribution is -2.32. The van der Waals surface area contributed by atoms with Crippen LogP contribution in [0.4, 0.5) is 0 Å². The molecule has 1 heterocycles. The molecule has 1 aromatic carbocycles. The van der Waals surface area contributed by atoms with Crippen LogP contribution in [0.3, 0.4) is 0 Å². The van der Waals surface area contributed by atoms with E-state index in [0.29, 0.717) is 30.9 Å². The van der Waals surface area contributed by atoms with Crippen molar-refractivity contribution >= 4 is 23.5 Å². The van der Waals surface area contributed by atoms with Gasteiger partial charge in [0.2, 0.25) is 5.78 Å². The van der Waals surface area contributed by atoms with Crippen molar-refractivity contribution in [3.8, 4) is 0 Å². The first-order chi connectivity index (χ1) is 13.6. The lowest BCUT2D eigenvalue weighted by molar-refractivity contribution is -0.117. The number of hydrogen-bond acceptors (Lipinski definition) is 5. The van der Waals surface area contributed by atoms with Gasteiger partial charge in [-0.25, -0.2) is 0 Å². The topological polar surface area (TPSA) is 76.9 Å². The Hall–Kier alpha value is -2.15. The van der Waals surface area contributed by atoms with Gasteiger partial charge in [-0.2, -0.15) is 0 Å². The lowest BCUT2D eigenvalue weighted by atomic mass is 9.86. The normalized spacial score (nSPS) is 11.7. The number of rotatable bonds is 9. The molecule has 2 aromatic rings. The Morgan fingerprint density at radius 2 is 1.79 bits per heavy atom. The van der Waals surface area contributed by atoms with Gasteiger partial charge in [-0.15, -0.1) is 10.2 Å². The Morgan fingerprint density at radius 3 is 2.34 bits per heavy atom. The van der Waals surface area contributed by atoms with Crippen LogP contribution in [-0.4, -0.2) is 39.3 Å². The smallest absolute Gasteiger partial charge is 0.292 e. The van der Waals surface area contributed by atoms with Crippen LogP contribution in [-0.2, 0) is 23.2 Å². The van der Waals surface area contributed by atoms with Crippen LogP contribution >= 0.6 is 11.8 Å². The highest BCUT2D eigenvalue weighted by molar-refractivity contribution is 7.98. The van der Waals surface area contributed by atoms with Crippen molar-refractivity contribution in [1.82, 2.24) is 20.1 Å². The Labute approximate surface area is 177 Å². The van der Waals surface area contributed by atoms with Crippen LogP contribution in [0.15, 0.2) is 29.4 Å². The zero-order valence-electron chi connectivity index (χ0n) is 18.3. The molecule has 0 fully saturated rings. The number of carbonyl (C=O) groups is 2. The van der Waals surface area contributed by atoms with Crippen molar-refractivity contribution in [1.29, 1.82) is 0 Å².